The van der Waals surface area contributed by atoms with Crippen LogP contribution in [0, 0.1) is 12.7 Å². The maximum Gasteiger partial charge on any atom is 0.258 e. The number of halogens is 1. The molecule has 0 spiro atoms. The monoisotopic (exact) mass is 488 g/mol. The lowest BCUT2D eigenvalue weighted by Gasteiger charge is -2.31. The fraction of sp³-hybridized carbons (Fsp3) is 0.250. The summed E-state index contributed by atoms with van der Waals surface area (Å²) in [7, 11) is 3.52. The van der Waals surface area contributed by atoms with Crippen molar-refractivity contribution in [1.29, 1.82) is 0 Å². The zero-order chi connectivity index (χ0) is 25.8. The molecule has 3 aromatic carbocycles. The maximum absolute atomic E-state index is 13.8. The number of carbonyl (C=O) groups is 3. The molecule has 1 aliphatic rings. The third kappa shape index (κ3) is 5.28. The minimum Gasteiger partial charge on any atom is -0.340 e. The quantitative estimate of drug-likeness (QED) is 0.546. The van der Waals surface area contributed by atoms with Gasteiger partial charge in [0.15, 0.2) is 0 Å². The number of amides is 3. The Morgan fingerprint density at radius 2 is 1.72 bits per heavy atom. The minimum absolute atomic E-state index is 0.0238. The molecule has 0 aromatic heterocycles. The largest absolute Gasteiger partial charge is 0.340 e. The fourth-order valence-corrected chi connectivity index (χ4v) is 4.25. The van der Waals surface area contributed by atoms with Crippen molar-refractivity contribution in [1.82, 2.24) is 10.2 Å². The Kier molecular flexibility index (Phi) is 7.45. The van der Waals surface area contributed by atoms with Gasteiger partial charge in [0.25, 0.3) is 11.8 Å². The lowest BCUT2D eigenvalue weighted by molar-refractivity contribution is -0.116. The second-order valence-corrected chi connectivity index (χ2v) is 8.92. The van der Waals surface area contributed by atoms with E-state index >= 15 is 0 Å². The maximum atomic E-state index is 13.8. The van der Waals surface area contributed by atoms with Gasteiger partial charge in [0.05, 0.1) is 23.8 Å². The Balaban J connectivity index is 1.81. The average Bonchev–Trinajstić information content (AvgIpc) is 3.02. The fourth-order valence-electron chi connectivity index (χ4n) is 4.25. The highest BCUT2D eigenvalue weighted by atomic mass is 19.1. The number of nitrogens with one attached hydrogen (secondary N) is 2. The van der Waals surface area contributed by atoms with E-state index < -0.39 is 11.9 Å². The highest BCUT2D eigenvalue weighted by Crippen LogP contribution is 2.40. The Hall–Kier alpha value is -4.04. The molecule has 8 heteroatoms. The molecule has 1 heterocycles. The number of fused-ring (bicyclic) bond motifs is 1. The smallest absolute Gasteiger partial charge is 0.258 e. The number of nitrogens with zero attached hydrogens (tertiary/aromatic N) is 2. The molecule has 1 atom stereocenters. The second kappa shape index (κ2) is 10.7. The molecule has 3 amide bonds. The van der Waals surface area contributed by atoms with Crippen LogP contribution in [-0.2, 0) is 4.79 Å². The van der Waals surface area contributed by atoms with E-state index in [2.05, 4.69) is 10.6 Å². The number of carbonyl (C=O) groups excluding carboxylic acids is 3. The van der Waals surface area contributed by atoms with Crippen LogP contribution in [0.3, 0.4) is 0 Å². The van der Waals surface area contributed by atoms with E-state index in [-0.39, 0.29) is 24.1 Å². The van der Waals surface area contributed by atoms with Crippen LogP contribution in [-0.4, -0.2) is 49.8 Å². The van der Waals surface area contributed by atoms with E-state index in [1.54, 1.807) is 35.0 Å². The lowest BCUT2D eigenvalue weighted by atomic mass is 9.98. The molecule has 0 aliphatic carbocycles. The first-order chi connectivity index (χ1) is 17.3. The van der Waals surface area contributed by atoms with Crippen molar-refractivity contribution in [3.05, 3.63) is 94.8 Å². The predicted octanol–water partition coefficient (Wildman–Crippen LogP) is 4.16. The van der Waals surface area contributed by atoms with Crippen molar-refractivity contribution in [2.45, 2.75) is 19.4 Å². The summed E-state index contributed by atoms with van der Waals surface area (Å²) in [4.78, 5) is 42.9. The number of anilines is 2. The van der Waals surface area contributed by atoms with Gasteiger partial charge in [0.2, 0.25) is 5.91 Å². The Morgan fingerprint density at radius 3 is 2.39 bits per heavy atom. The molecule has 36 heavy (non-hydrogen) atoms. The minimum atomic E-state index is -0.593. The highest BCUT2D eigenvalue weighted by molar-refractivity contribution is 6.12. The second-order valence-electron chi connectivity index (χ2n) is 8.92. The molecule has 0 saturated heterocycles. The van der Waals surface area contributed by atoms with Crippen LogP contribution < -0.4 is 15.5 Å². The Morgan fingerprint density at radius 1 is 1.06 bits per heavy atom. The van der Waals surface area contributed by atoms with Crippen molar-refractivity contribution < 1.29 is 18.8 Å². The van der Waals surface area contributed by atoms with Crippen molar-refractivity contribution in [3.8, 4) is 0 Å². The standard InChI is InChI=1S/C28H29FN4O3/c1-18-4-6-19(7-5-18)25-17-26(34)31-23-16-21(27(35)32(3)15-14-30-2)10-13-24(23)33(25)28(36)20-8-11-22(29)12-9-20/h4-13,16,25,30H,14-15,17H2,1-3H3,(H,31,34). The summed E-state index contributed by atoms with van der Waals surface area (Å²) in [6, 6.07) is 17.3. The first kappa shape index (κ1) is 25.1. The molecule has 0 saturated carbocycles. The first-order valence-corrected chi connectivity index (χ1v) is 11.8. The topological polar surface area (TPSA) is 81.8 Å². The van der Waals surface area contributed by atoms with E-state index in [0.29, 0.717) is 35.6 Å². The van der Waals surface area contributed by atoms with E-state index in [0.717, 1.165) is 11.1 Å². The number of hydrogen-bond donors (Lipinski definition) is 2. The first-order valence-electron chi connectivity index (χ1n) is 11.8. The summed E-state index contributed by atoms with van der Waals surface area (Å²) in [5.41, 5.74) is 3.38. The molecule has 1 unspecified atom stereocenters. The van der Waals surface area contributed by atoms with Gasteiger partial charge in [-0.15, -0.1) is 0 Å². The number of aryl methyl sites for hydroxylation is 1. The summed E-state index contributed by atoms with van der Waals surface area (Å²) < 4.78 is 13.6. The average molecular weight is 489 g/mol. The van der Waals surface area contributed by atoms with Gasteiger partial charge < -0.3 is 15.5 Å². The van der Waals surface area contributed by atoms with E-state index in [1.807, 2.05) is 38.2 Å². The predicted molar refractivity (Wildman–Crippen MR) is 138 cm³/mol. The molecule has 0 radical (unpaired) electrons. The number of likely N-dealkylation sites (N-methyl/N-ethyl adjacent to an activating group) is 2. The van der Waals surface area contributed by atoms with Crippen LogP contribution in [0.25, 0.3) is 0 Å². The van der Waals surface area contributed by atoms with Crippen molar-refractivity contribution in [2.75, 3.05) is 37.4 Å². The van der Waals surface area contributed by atoms with Crippen LogP contribution >= 0.6 is 0 Å². The van der Waals surface area contributed by atoms with E-state index in [1.165, 1.54) is 24.3 Å². The van der Waals surface area contributed by atoms with Gasteiger partial charge in [-0.1, -0.05) is 29.8 Å². The van der Waals surface area contributed by atoms with Gasteiger partial charge in [-0.05, 0) is 62.0 Å². The molecule has 3 aromatic rings. The zero-order valence-corrected chi connectivity index (χ0v) is 20.5. The van der Waals surface area contributed by atoms with Gasteiger partial charge in [0.1, 0.15) is 5.82 Å². The van der Waals surface area contributed by atoms with Crippen LogP contribution in [0.15, 0.2) is 66.7 Å². The number of rotatable bonds is 6. The number of hydrogen-bond acceptors (Lipinski definition) is 4. The Bertz CT molecular complexity index is 1270. The van der Waals surface area contributed by atoms with Crippen LogP contribution in [0.4, 0.5) is 15.8 Å². The lowest BCUT2D eigenvalue weighted by Crippen LogP contribution is -2.35. The molecule has 0 bridgehead atoms. The summed E-state index contributed by atoms with van der Waals surface area (Å²) >= 11 is 0. The number of benzene rings is 3. The SMILES string of the molecule is CNCCN(C)C(=O)c1ccc2c(c1)NC(=O)CC(c1ccc(C)cc1)N2C(=O)c1ccc(F)cc1. The van der Waals surface area contributed by atoms with Crippen LogP contribution in [0.5, 0.6) is 0 Å². The van der Waals surface area contributed by atoms with Crippen LogP contribution in [0.1, 0.15) is 44.3 Å². The normalized spacial score (nSPS) is 15.1. The molecule has 1 aliphatic heterocycles. The summed E-state index contributed by atoms with van der Waals surface area (Å²) in [5, 5.41) is 5.89. The molecule has 186 valence electrons. The summed E-state index contributed by atoms with van der Waals surface area (Å²) in [6.45, 7) is 3.12. The third-order valence-corrected chi connectivity index (χ3v) is 6.28. The van der Waals surface area contributed by atoms with Gasteiger partial charge in [-0.3, -0.25) is 19.3 Å². The third-order valence-electron chi connectivity index (χ3n) is 6.28. The van der Waals surface area contributed by atoms with Gasteiger partial charge >= 0.3 is 0 Å². The molecular weight excluding hydrogens is 459 g/mol. The van der Waals surface area contributed by atoms with Gasteiger partial charge in [-0.25, -0.2) is 4.39 Å². The highest BCUT2D eigenvalue weighted by Gasteiger charge is 2.34. The summed E-state index contributed by atoms with van der Waals surface area (Å²) in [6.07, 6.45) is 0.0238. The van der Waals surface area contributed by atoms with Gasteiger partial charge in [0, 0.05) is 31.3 Å². The van der Waals surface area contributed by atoms with E-state index in [9.17, 15) is 18.8 Å². The molecule has 4 rings (SSSR count). The molecular formula is C28H29FN4O3. The van der Waals surface area contributed by atoms with Crippen molar-refractivity contribution >= 4 is 29.1 Å². The molecule has 7 nitrogen and oxygen atoms in total. The van der Waals surface area contributed by atoms with Crippen molar-refractivity contribution in [3.63, 3.8) is 0 Å². The van der Waals surface area contributed by atoms with Crippen molar-refractivity contribution in [2.24, 2.45) is 0 Å². The zero-order valence-electron chi connectivity index (χ0n) is 20.5. The summed E-state index contributed by atoms with van der Waals surface area (Å²) in [5.74, 6) is -1.29. The van der Waals surface area contributed by atoms with E-state index in [4.69, 9.17) is 0 Å². The van der Waals surface area contributed by atoms with Crippen LogP contribution in [0.2, 0.25) is 0 Å². The Labute approximate surface area is 209 Å². The molecule has 2 N–H and O–H groups in total. The van der Waals surface area contributed by atoms with Gasteiger partial charge in [-0.2, -0.15) is 0 Å². The molecule has 0 fully saturated rings.